The van der Waals surface area contributed by atoms with Crippen molar-refractivity contribution in [2.45, 2.75) is 51.9 Å². The molecule has 3 nitrogen and oxygen atoms in total. The summed E-state index contributed by atoms with van der Waals surface area (Å²) in [5.74, 6) is 0.765. The normalized spacial score (nSPS) is 12.6. The van der Waals surface area contributed by atoms with Gasteiger partial charge >= 0.3 is 0 Å². The van der Waals surface area contributed by atoms with E-state index in [-0.39, 0.29) is 0 Å². The fraction of sp³-hybridized carbons (Fsp3) is 0.571. The molecule has 1 aromatic rings. The number of aliphatic hydroxyl groups is 1. The van der Waals surface area contributed by atoms with E-state index in [2.05, 4.69) is 15.9 Å². The zero-order chi connectivity index (χ0) is 14.0. The van der Waals surface area contributed by atoms with Crippen LogP contribution in [0.25, 0.3) is 0 Å². The maximum absolute atomic E-state index is 9.87. The summed E-state index contributed by atoms with van der Waals surface area (Å²) < 4.78 is 6.84. The fourth-order valence-corrected chi connectivity index (χ4v) is 2.64. The zero-order valence-electron chi connectivity index (χ0n) is 11.5. The van der Waals surface area contributed by atoms with E-state index in [1.165, 1.54) is 0 Å². The van der Waals surface area contributed by atoms with Gasteiger partial charge in [-0.05, 0) is 61.3 Å². The largest absolute Gasteiger partial charge is 0.487 e. The molecule has 0 unspecified atom stereocenters. The molecule has 3 N–H and O–H groups in total. The van der Waals surface area contributed by atoms with Crippen LogP contribution in [0.1, 0.15) is 39.7 Å². The van der Waals surface area contributed by atoms with Crippen LogP contribution in [0, 0.1) is 0 Å². The lowest BCUT2D eigenvalue weighted by atomic mass is 9.92. The number of ether oxygens (including phenoxy) is 1. The van der Waals surface area contributed by atoms with Gasteiger partial charge in [-0.25, -0.2) is 0 Å². The van der Waals surface area contributed by atoms with E-state index in [1.807, 2.05) is 32.0 Å². The maximum Gasteiger partial charge on any atom is 0.134 e. The van der Waals surface area contributed by atoms with Crippen LogP contribution in [0.2, 0.25) is 0 Å². The van der Waals surface area contributed by atoms with Gasteiger partial charge in [-0.2, -0.15) is 0 Å². The molecule has 0 spiro atoms. The third-order valence-corrected chi connectivity index (χ3v) is 3.10. The molecule has 4 heteroatoms. The molecule has 0 aliphatic carbocycles. The number of hydrogen-bond acceptors (Lipinski definition) is 3. The number of benzene rings is 1. The Morgan fingerprint density at radius 2 is 1.89 bits per heavy atom. The molecule has 1 aromatic carbocycles. The molecule has 0 aliphatic heterocycles. The average Bonchev–Trinajstić information content (AvgIpc) is 2.17. The van der Waals surface area contributed by atoms with Gasteiger partial charge in [0, 0.05) is 13.0 Å². The highest BCUT2D eigenvalue weighted by molar-refractivity contribution is 9.10. The topological polar surface area (TPSA) is 55.5 Å². The molecule has 0 saturated heterocycles. The molecule has 0 heterocycles. The minimum atomic E-state index is -0.757. The Kier molecular flexibility index (Phi) is 4.81. The second-order valence-corrected chi connectivity index (χ2v) is 6.67. The van der Waals surface area contributed by atoms with E-state index < -0.39 is 11.2 Å². The first-order valence-corrected chi connectivity index (χ1v) is 6.82. The van der Waals surface area contributed by atoms with Crippen LogP contribution < -0.4 is 10.5 Å². The van der Waals surface area contributed by atoms with Crippen LogP contribution in [0.5, 0.6) is 5.75 Å². The smallest absolute Gasteiger partial charge is 0.134 e. The summed E-state index contributed by atoms with van der Waals surface area (Å²) in [6.45, 7) is 8.00. The molecular formula is C14H22BrNO2. The van der Waals surface area contributed by atoms with Crippen molar-refractivity contribution in [3.63, 3.8) is 0 Å². The highest BCUT2D eigenvalue weighted by Gasteiger charge is 2.29. The van der Waals surface area contributed by atoms with Crippen molar-refractivity contribution < 1.29 is 9.84 Å². The second-order valence-electron chi connectivity index (χ2n) is 5.82. The molecule has 18 heavy (non-hydrogen) atoms. The summed E-state index contributed by atoms with van der Waals surface area (Å²) in [5.41, 5.74) is 5.44. The Morgan fingerprint density at radius 1 is 1.28 bits per heavy atom. The van der Waals surface area contributed by atoms with Crippen LogP contribution in [0.4, 0.5) is 0 Å². The monoisotopic (exact) mass is 315 g/mol. The van der Waals surface area contributed by atoms with Gasteiger partial charge in [0.25, 0.3) is 0 Å². The first-order valence-electron chi connectivity index (χ1n) is 6.03. The van der Waals surface area contributed by atoms with Gasteiger partial charge in [0.05, 0.1) is 10.1 Å². The molecular weight excluding hydrogens is 294 g/mol. The Bertz CT molecular complexity index is 411. The van der Waals surface area contributed by atoms with Gasteiger partial charge in [-0.3, -0.25) is 0 Å². The lowest BCUT2D eigenvalue weighted by Gasteiger charge is -2.32. The van der Waals surface area contributed by atoms with Crippen LogP contribution in [-0.2, 0) is 6.54 Å². The van der Waals surface area contributed by atoms with E-state index in [1.54, 1.807) is 13.8 Å². The summed E-state index contributed by atoms with van der Waals surface area (Å²) >= 11 is 3.48. The molecule has 102 valence electrons. The van der Waals surface area contributed by atoms with E-state index in [9.17, 15) is 5.11 Å². The third-order valence-electron chi connectivity index (χ3n) is 2.48. The lowest BCUT2D eigenvalue weighted by Crippen LogP contribution is -2.37. The van der Waals surface area contributed by atoms with Crippen molar-refractivity contribution in [3.8, 4) is 5.75 Å². The minimum Gasteiger partial charge on any atom is -0.487 e. The van der Waals surface area contributed by atoms with Gasteiger partial charge in [0.15, 0.2) is 0 Å². The van der Waals surface area contributed by atoms with Crippen molar-refractivity contribution >= 4 is 15.9 Å². The molecule has 0 aliphatic rings. The predicted molar refractivity (Wildman–Crippen MR) is 77.7 cm³/mol. The molecule has 0 fully saturated rings. The summed E-state index contributed by atoms with van der Waals surface area (Å²) in [6, 6.07) is 5.80. The van der Waals surface area contributed by atoms with E-state index >= 15 is 0 Å². The van der Waals surface area contributed by atoms with Crippen LogP contribution in [-0.4, -0.2) is 16.3 Å². The number of hydrogen-bond donors (Lipinski definition) is 2. The molecule has 1 rings (SSSR count). The Hall–Kier alpha value is -0.580. The second kappa shape index (κ2) is 5.59. The van der Waals surface area contributed by atoms with Crippen LogP contribution >= 0.6 is 15.9 Å². The Labute approximate surface area is 117 Å². The van der Waals surface area contributed by atoms with Crippen molar-refractivity contribution in [1.82, 2.24) is 0 Å². The highest BCUT2D eigenvalue weighted by Crippen LogP contribution is 2.32. The number of nitrogens with two attached hydrogens (primary N) is 1. The molecule has 0 bridgehead atoms. The summed E-state index contributed by atoms with van der Waals surface area (Å²) in [7, 11) is 0. The third kappa shape index (κ3) is 4.96. The van der Waals surface area contributed by atoms with Gasteiger partial charge < -0.3 is 15.6 Å². The molecule has 0 radical (unpaired) electrons. The Morgan fingerprint density at radius 3 is 2.33 bits per heavy atom. The van der Waals surface area contributed by atoms with Crippen LogP contribution in [0.3, 0.4) is 0 Å². The first-order chi connectivity index (χ1) is 8.13. The molecule has 0 saturated carbocycles. The summed E-state index contributed by atoms with van der Waals surface area (Å²) in [6.07, 6.45) is 0.547. The van der Waals surface area contributed by atoms with Crippen molar-refractivity contribution in [2.24, 2.45) is 5.73 Å². The molecule has 0 aromatic heterocycles. The van der Waals surface area contributed by atoms with Crippen LogP contribution in [0.15, 0.2) is 22.7 Å². The standard InChI is InChI=1S/C14H22BrNO2/c1-13(2,17)9-14(3,4)18-12-6-5-10(8-16)7-11(12)15/h5-7,17H,8-9,16H2,1-4H3. The average molecular weight is 316 g/mol. The lowest BCUT2D eigenvalue weighted by molar-refractivity contribution is -0.0109. The number of halogens is 1. The fourth-order valence-electron chi connectivity index (χ4n) is 2.13. The Balaban J connectivity index is 2.84. The maximum atomic E-state index is 9.87. The zero-order valence-corrected chi connectivity index (χ0v) is 13.0. The van der Waals surface area contributed by atoms with E-state index in [0.717, 1.165) is 15.8 Å². The number of rotatable bonds is 5. The summed E-state index contributed by atoms with van der Waals surface area (Å²) in [5, 5.41) is 9.87. The van der Waals surface area contributed by atoms with Gasteiger partial charge in [-0.1, -0.05) is 6.07 Å². The molecule has 0 amide bonds. The summed E-state index contributed by atoms with van der Waals surface area (Å²) in [4.78, 5) is 0. The van der Waals surface area contributed by atoms with Crippen molar-refractivity contribution in [1.29, 1.82) is 0 Å². The van der Waals surface area contributed by atoms with Gasteiger partial charge in [-0.15, -0.1) is 0 Å². The SMILES string of the molecule is CC(C)(O)CC(C)(C)Oc1ccc(CN)cc1Br. The van der Waals surface area contributed by atoms with Gasteiger partial charge in [0.2, 0.25) is 0 Å². The quantitative estimate of drug-likeness (QED) is 0.877. The van der Waals surface area contributed by atoms with E-state index in [0.29, 0.717) is 13.0 Å². The minimum absolute atomic E-state index is 0.439. The van der Waals surface area contributed by atoms with Gasteiger partial charge in [0.1, 0.15) is 11.4 Å². The van der Waals surface area contributed by atoms with Crippen molar-refractivity contribution in [3.05, 3.63) is 28.2 Å². The van der Waals surface area contributed by atoms with E-state index in [4.69, 9.17) is 10.5 Å². The predicted octanol–water partition coefficient (Wildman–Crippen LogP) is 3.23. The highest BCUT2D eigenvalue weighted by atomic mass is 79.9. The molecule has 0 atom stereocenters. The first kappa shape index (κ1) is 15.5. The van der Waals surface area contributed by atoms with Crippen molar-refractivity contribution in [2.75, 3.05) is 0 Å².